The number of amides is 1. The van der Waals surface area contributed by atoms with Gasteiger partial charge < -0.3 is 15.4 Å². The van der Waals surface area contributed by atoms with E-state index >= 15 is 0 Å². The van der Waals surface area contributed by atoms with Gasteiger partial charge in [-0.1, -0.05) is 25.7 Å². The standard InChI is InChI=1S/C20H36N2O2/c1-19(2,3)24-18(23)22-12-8-16(9-13-22)17(14-20(21)10-11-20)15-6-4-5-7-15/h15-17H,4-14,21H2,1-3H3/t17-/m0/s1. The Morgan fingerprint density at radius 1 is 1.12 bits per heavy atom. The molecule has 0 aromatic heterocycles. The van der Waals surface area contributed by atoms with Gasteiger partial charge in [0.1, 0.15) is 5.60 Å². The van der Waals surface area contributed by atoms with E-state index in [9.17, 15) is 4.79 Å². The number of ether oxygens (including phenoxy) is 1. The van der Waals surface area contributed by atoms with Crippen molar-refractivity contribution >= 4 is 6.09 Å². The van der Waals surface area contributed by atoms with E-state index in [1.807, 2.05) is 25.7 Å². The van der Waals surface area contributed by atoms with E-state index in [1.165, 1.54) is 44.9 Å². The summed E-state index contributed by atoms with van der Waals surface area (Å²) in [7, 11) is 0. The molecule has 0 bridgehead atoms. The highest BCUT2D eigenvalue weighted by molar-refractivity contribution is 5.68. The Hall–Kier alpha value is -0.770. The predicted octanol–water partition coefficient (Wildman–Crippen LogP) is 4.32. The van der Waals surface area contributed by atoms with E-state index in [1.54, 1.807) is 0 Å². The minimum atomic E-state index is -0.405. The van der Waals surface area contributed by atoms with Crippen LogP contribution in [0.25, 0.3) is 0 Å². The summed E-state index contributed by atoms with van der Waals surface area (Å²) < 4.78 is 5.53. The van der Waals surface area contributed by atoms with Crippen LogP contribution in [0.4, 0.5) is 4.79 Å². The van der Waals surface area contributed by atoms with Crippen molar-refractivity contribution in [1.29, 1.82) is 0 Å². The highest BCUT2D eigenvalue weighted by atomic mass is 16.6. The molecule has 3 aliphatic rings. The molecule has 2 aliphatic carbocycles. The average Bonchev–Trinajstić information content (AvgIpc) is 3.01. The molecular formula is C20H36N2O2. The summed E-state index contributed by atoms with van der Waals surface area (Å²) >= 11 is 0. The number of carbonyl (C=O) groups is 1. The van der Waals surface area contributed by atoms with Crippen LogP contribution in [-0.2, 0) is 4.74 Å². The predicted molar refractivity (Wildman–Crippen MR) is 96.7 cm³/mol. The van der Waals surface area contributed by atoms with Crippen molar-refractivity contribution in [2.75, 3.05) is 13.1 Å². The van der Waals surface area contributed by atoms with Crippen LogP contribution in [-0.4, -0.2) is 35.2 Å². The van der Waals surface area contributed by atoms with Crippen LogP contribution in [0.5, 0.6) is 0 Å². The lowest BCUT2D eigenvalue weighted by Crippen LogP contribution is -2.44. The van der Waals surface area contributed by atoms with Crippen LogP contribution < -0.4 is 5.73 Å². The van der Waals surface area contributed by atoms with Crippen molar-refractivity contribution in [1.82, 2.24) is 4.90 Å². The van der Waals surface area contributed by atoms with E-state index in [0.29, 0.717) is 0 Å². The third kappa shape index (κ3) is 4.65. The second-order valence-corrected chi connectivity index (χ2v) is 9.58. The maximum absolute atomic E-state index is 12.3. The maximum Gasteiger partial charge on any atom is 0.410 e. The molecule has 3 rings (SSSR count). The summed E-state index contributed by atoms with van der Waals surface area (Å²) in [5, 5.41) is 0. The first kappa shape index (κ1) is 18.0. The fourth-order valence-corrected chi connectivity index (χ4v) is 4.77. The lowest BCUT2D eigenvalue weighted by atomic mass is 9.72. The molecule has 1 aliphatic heterocycles. The third-order valence-corrected chi connectivity index (χ3v) is 6.34. The third-order valence-electron chi connectivity index (χ3n) is 6.34. The van der Waals surface area contributed by atoms with Gasteiger partial charge >= 0.3 is 6.09 Å². The van der Waals surface area contributed by atoms with Gasteiger partial charge in [-0.15, -0.1) is 0 Å². The van der Waals surface area contributed by atoms with Gasteiger partial charge in [-0.3, -0.25) is 0 Å². The number of hydrogen-bond acceptors (Lipinski definition) is 3. The van der Waals surface area contributed by atoms with E-state index < -0.39 is 5.60 Å². The van der Waals surface area contributed by atoms with Crippen molar-refractivity contribution in [2.45, 2.75) is 89.7 Å². The van der Waals surface area contributed by atoms with Crippen molar-refractivity contribution in [3.05, 3.63) is 0 Å². The molecule has 0 spiro atoms. The minimum Gasteiger partial charge on any atom is -0.444 e. The van der Waals surface area contributed by atoms with Crippen LogP contribution in [0.2, 0.25) is 0 Å². The zero-order valence-corrected chi connectivity index (χ0v) is 15.9. The molecule has 0 unspecified atom stereocenters. The van der Waals surface area contributed by atoms with Crippen molar-refractivity contribution in [3.63, 3.8) is 0 Å². The second kappa shape index (κ2) is 6.86. The van der Waals surface area contributed by atoms with Gasteiger partial charge in [0.05, 0.1) is 0 Å². The molecular weight excluding hydrogens is 300 g/mol. The first-order valence-corrected chi connectivity index (χ1v) is 10.0. The fourth-order valence-electron chi connectivity index (χ4n) is 4.77. The van der Waals surface area contributed by atoms with Crippen molar-refractivity contribution in [3.8, 4) is 0 Å². The zero-order valence-electron chi connectivity index (χ0n) is 15.9. The first-order chi connectivity index (χ1) is 11.3. The molecule has 1 saturated heterocycles. The summed E-state index contributed by atoms with van der Waals surface area (Å²) in [4.78, 5) is 14.2. The number of nitrogens with two attached hydrogens (primary N) is 1. The highest BCUT2D eigenvalue weighted by Gasteiger charge is 2.44. The first-order valence-electron chi connectivity index (χ1n) is 10.0. The Labute approximate surface area is 147 Å². The molecule has 0 aromatic rings. The Morgan fingerprint density at radius 3 is 2.17 bits per heavy atom. The molecule has 1 heterocycles. The molecule has 2 N–H and O–H groups in total. The molecule has 0 aromatic carbocycles. The number of hydrogen-bond donors (Lipinski definition) is 1. The van der Waals surface area contributed by atoms with Gasteiger partial charge in [0.2, 0.25) is 0 Å². The number of nitrogens with zero attached hydrogens (tertiary/aromatic N) is 1. The molecule has 0 radical (unpaired) electrons. The van der Waals surface area contributed by atoms with Gasteiger partial charge in [-0.2, -0.15) is 0 Å². The molecule has 4 heteroatoms. The average molecular weight is 337 g/mol. The van der Waals surface area contributed by atoms with Crippen LogP contribution in [0.1, 0.15) is 78.6 Å². The summed E-state index contributed by atoms with van der Waals surface area (Å²) in [6, 6.07) is 0. The summed E-state index contributed by atoms with van der Waals surface area (Å²) in [6.45, 7) is 7.50. The lowest BCUT2D eigenvalue weighted by Gasteiger charge is -2.40. The number of rotatable bonds is 4. The maximum atomic E-state index is 12.3. The Kier molecular flexibility index (Phi) is 5.15. The summed E-state index contributed by atoms with van der Waals surface area (Å²) in [5.41, 5.74) is 6.23. The fraction of sp³-hybridized carbons (Fsp3) is 0.950. The Bertz CT molecular complexity index is 439. The van der Waals surface area contributed by atoms with Gasteiger partial charge in [-0.25, -0.2) is 4.79 Å². The second-order valence-electron chi connectivity index (χ2n) is 9.58. The normalized spacial score (nSPS) is 26.4. The molecule has 1 amide bonds. The van der Waals surface area contributed by atoms with Crippen LogP contribution in [0.15, 0.2) is 0 Å². The lowest BCUT2D eigenvalue weighted by molar-refractivity contribution is 0.0132. The van der Waals surface area contributed by atoms with Gasteiger partial charge in [0.15, 0.2) is 0 Å². The van der Waals surface area contributed by atoms with Gasteiger partial charge in [0, 0.05) is 18.6 Å². The monoisotopic (exact) mass is 336 g/mol. The van der Waals surface area contributed by atoms with Crippen molar-refractivity contribution in [2.24, 2.45) is 23.5 Å². The Balaban J connectivity index is 1.55. The minimum absolute atomic E-state index is 0.143. The molecule has 24 heavy (non-hydrogen) atoms. The van der Waals surface area contributed by atoms with Crippen LogP contribution in [0, 0.1) is 17.8 Å². The zero-order chi connectivity index (χ0) is 17.4. The van der Waals surface area contributed by atoms with E-state index in [2.05, 4.69) is 0 Å². The number of piperidine rings is 1. The largest absolute Gasteiger partial charge is 0.444 e. The van der Waals surface area contributed by atoms with Crippen LogP contribution >= 0.6 is 0 Å². The van der Waals surface area contributed by atoms with Gasteiger partial charge in [-0.05, 0) is 70.6 Å². The van der Waals surface area contributed by atoms with E-state index in [0.717, 1.165) is 43.7 Å². The summed E-state index contributed by atoms with van der Waals surface area (Å²) in [5.74, 6) is 2.40. The highest BCUT2D eigenvalue weighted by Crippen LogP contribution is 2.47. The van der Waals surface area contributed by atoms with Crippen LogP contribution in [0.3, 0.4) is 0 Å². The molecule has 2 saturated carbocycles. The van der Waals surface area contributed by atoms with E-state index in [4.69, 9.17) is 10.5 Å². The SMILES string of the molecule is CC(C)(C)OC(=O)N1CCC([C@@H](CC2(N)CC2)C2CCCC2)CC1. The quantitative estimate of drug-likeness (QED) is 0.831. The number of carbonyl (C=O) groups excluding carboxylic acids is 1. The molecule has 1 atom stereocenters. The van der Waals surface area contributed by atoms with E-state index in [-0.39, 0.29) is 11.6 Å². The molecule has 4 nitrogen and oxygen atoms in total. The molecule has 3 fully saturated rings. The van der Waals surface area contributed by atoms with Gasteiger partial charge in [0.25, 0.3) is 0 Å². The Morgan fingerprint density at radius 2 is 1.67 bits per heavy atom. The topological polar surface area (TPSA) is 55.6 Å². The number of likely N-dealkylation sites (tertiary alicyclic amines) is 1. The molecule has 138 valence electrons. The smallest absolute Gasteiger partial charge is 0.410 e. The van der Waals surface area contributed by atoms with Crippen molar-refractivity contribution < 1.29 is 9.53 Å². The summed E-state index contributed by atoms with van der Waals surface area (Å²) in [6.07, 6.45) is 11.3.